The van der Waals surface area contributed by atoms with Crippen LogP contribution in [0.4, 0.5) is 5.69 Å². The minimum atomic E-state index is -1.10. The van der Waals surface area contributed by atoms with Gasteiger partial charge >= 0.3 is 11.7 Å². The number of nitro benzene ring substituents is 1. The Morgan fingerprint density at radius 1 is 1.61 bits per heavy atom. The molecule has 1 rings (SSSR count). The van der Waals surface area contributed by atoms with Crippen molar-refractivity contribution in [1.29, 1.82) is 0 Å². The molecule has 0 aliphatic rings. The smallest absolute Gasteiger partial charge is 0.328 e. The lowest BCUT2D eigenvalue weighted by Gasteiger charge is -2.08. The molecule has 0 bridgehead atoms. The molecule has 0 radical (unpaired) electrons. The molecule has 0 fully saturated rings. The van der Waals surface area contributed by atoms with Crippen molar-refractivity contribution >= 4 is 27.6 Å². The molecule has 0 aliphatic carbocycles. The minimum absolute atomic E-state index is 0.0460. The number of aryl methyl sites for hydroxylation is 1. The number of ether oxygens (including phenoxy) is 1. The number of carbonyl (C=O) groups is 1. The molecule has 1 aromatic rings. The van der Waals surface area contributed by atoms with Gasteiger partial charge in [-0.05, 0) is 24.6 Å². The van der Waals surface area contributed by atoms with Crippen LogP contribution >= 0.6 is 15.9 Å². The van der Waals surface area contributed by atoms with Crippen molar-refractivity contribution in [2.24, 2.45) is 0 Å². The summed E-state index contributed by atoms with van der Waals surface area (Å²) >= 11 is 3.16. The third-order valence-corrected chi connectivity index (χ3v) is 2.46. The fourth-order valence-electron chi connectivity index (χ4n) is 1.32. The summed E-state index contributed by atoms with van der Waals surface area (Å²) < 4.78 is 5.81. The average molecular weight is 316 g/mol. The van der Waals surface area contributed by atoms with Gasteiger partial charge in [0.25, 0.3) is 0 Å². The number of benzene rings is 1. The Morgan fingerprint density at radius 3 is 2.83 bits per heavy atom. The van der Waals surface area contributed by atoms with E-state index in [1.54, 1.807) is 13.0 Å². The van der Waals surface area contributed by atoms with E-state index in [1.807, 2.05) is 0 Å². The van der Waals surface area contributed by atoms with E-state index in [0.29, 0.717) is 10.0 Å². The number of halogens is 1. The van der Waals surface area contributed by atoms with Crippen LogP contribution in [0.3, 0.4) is 0 Å². The van der Waals surface area contributed by atoms with E-state index in [1.165, 1.54) is 12.1 Å². The Balaban J connectivity index is 2.93. The first-order valence-corrected chi connectivity index (χ1v) is 5.68. The molecule has 0 saturated heterocycles. The molecule has 0 heterocycles. The first kappa shape index (κ1) is 14.2. The molecule has 0 saturated carbocycles. The van der Waals surface area contributed by atoms with Crippen LogP contribution in [0.15, 0.2) is 28.8 Å². The van der Waals surface area contributed by atoms with E-state index >= 15 is 0 Å². The molecule has 7 heteroatoms. The molecule has 0 aliphatic heterocycles. The Labute approximate surface area is 111 Å². The van der Waals surface area contributed by atoms with Crippen molar-refractivity contribution in [3.05, 3.63) is 44.4 Å². The molecule has 1 aromatic carbocycles. The minimum Gasteiger partial charge on any atom is -0.482 e. The van der Waals surface area contributed by atoms with Crippen molar-refractivity contribution in [2.45, 2.75) is 6.92 Å². The molecule has 0 atom stereocenters. The molecule has 0 aromatic heterocycles. The number of nitrogens with zero attached hydrogens (tertiary/aromatic N) is 1. The van der Waals surface area contributed by atoms with Gasteiger partial charge in [0.05, 0.1) is 4.92 Å². The van der Waals surface area contributed by atoms with Crippen LogP contribution in [0.5, 0.6) is 5.75 Å². The van der Waals surface area contributed by atoms with Crippen LogP contribution < -0.4 is 4.74 Å². The van der Waals surface area contributed by atoms with Crippen LogP contribution in [0, 0.1) is 17.0 Å². The number of nitro groups is 1. The molecule has 1 N–H and O–H groups in total. The van der Waals surface area contributed by atoms with Gasteiger partial charge in [-0.3, -0.25) is 10.1 Å². The number of hydrogen-bond acceptors (Lipinski definition) is 4. The van der Waals surface area contributed by atoms with Crippen molar-refractivity contribution in [3.63, 3.8) is 0 Å². The van der Waals surface area contributed by atoms with Crippen molar-refractivity contribution in [2.75, 3.05) is 6.61 Å². The van der Waals surface area contributed by atoms with Gasteiger partial charge in [-0.1, -0.05) is 15.9 Å². The lowest BCUT2D eigenvalue weighted by Crippen LogP contribution is -2.01. The summed E-state index contributed by atoms with van der Waals surface area (Å²) in [4.78, 5) is 20.6. The molecule has 6 nitrogen and oxygen atoms in total. The summed E-state index contributed by atoms with van der Waals surface area (Å²) in [6.45, 7) is 1.63. The number of aliphatic carboxylic acids is 1. The quantitative estimate of drug-likeness (QED) is 0.512. The zero-order valence-corrected chi connectivity index (χ0v) is 11.0. The highest BCUT2D eigenvalue weighted by Gasteiger charge is 2.18. The number of carboxylic acids is 1. The van der Waals surface area contributed by atoms with Crippen LogP contribution in [-0.2, 0) is 4.79 Å². The van der Waals surface area contributed by atoms with E-state index < -0.39 is 10.9 Å². The summed E-state index contributed by atoms with van der Waals surface area (Å²) in [5.74, 6) is -0.959. The third-order valence-electron chi connectivity index (χ3n) is 2.00. The van der Waals surface area contributed by atoms with Gasteiger partial charge in [-0.25, -0.2) is 4.79 Å². The van der Waals surface area contributed by atoms with Gasteiger partial charge in [-0.15, -0.1) is 0 Å². The number of hydrogen-bond donors (Lipinski definition) is 1. The predicted octanol–water partition coefficient (Wildman–Crippen LogP) is 2.69. The van der Waals surface area contributed by atoms with E-state index in [-0.39, 0.29) is 18.0 Å². The van der Waals surface area contributed by atoms with E-state index in [4.69, 9.17) is 9.84 Å². The van der Waals surface area contributed by atoms with Gasteiger partial charge in [0.1, 0.15) is 6.61 Å². The van der Waals surface area contributed by atoms with Crippen LogP contribution in [0.25, 0.3) is 0 Å². The molecule has 0 unspecified atom stereocenters. The second kappa shape index (κ2) is 6.15. The lowest BCUT2D eigenvalue weighted by atomic mass is 10.2. The summed E-state index contributed by atoms with van der Waals surface area (Å²) in [5.41, 5.74) is 0.436. The molecule has 0 amide bonds. The monoisotopic (exact) mass is 315 g/mol. The molecular weight excluding hydrogens is 306 g/mol. The average Bonchev–Trinajstić information content (AvgIpc) is 2.25. The number of carboxylic acid groups (broad SMARTS) is 1. The topological polar surface area (TPSA) is 89.7 Å². The maximum atomic E-state index is 10.9. The fraction of sp³-hybridized carbons (Fsp3) is 0.182. The van der Waals surface area contributed by atoms with Gasteiger partial charge < -0.3 is 9.84 Å². The zero-order chi connectivity index (χ0) is 13.7. The predicted molar refractivity (Wildman–Crippen MR) is 67.8 cm³/mol. The van der Waals surface area contributed by atoms with Crippen molar-refractivity contribution in [1.82, 2.24) is 0 Å². The van der Waals surface area contributed by atoms with Crippen LogP contribution in [0.1, 0.15) is 5.56 Å². The highest BCUT2D eigenvalue weighted by Crippen LogP contribution is 2.33. The van der Waals surface area contributed by atoms with Gasteiger partial charge in [-0.2, -0.15) is 0 Å². The van der Waals surface area contributed by atoms with Gasteiger partial charge in [0.15, 0.2) is 5.75 Å². The van der Waals surface area contributed by atoms with E-state index in [9.17, 15) is 14.9 Å². The summed E-state index contributed by atoms with van der Waals surface area (Å²) in [5, 5.41) is 19.2. The van der Waals surface area contributed by atoms with E-state index in [0.717, 1.165) is 6.08 Å². The lowest BCUT2D eigenvalue weighted by molar-refractivity contribution is -0.385. The second-order valence-corrected chi connectivity index (χ2v) is 4.30. The van der Waals surface area contributed by atoms with Crippen LogP contribution in [-0.4, -0.2) is 22.6 Å². The summed E-state index contributed by atoms with van der Waals surface area (Å²) in [6.07, 6.45) is 2.19. The Kier molecular flexibility index (Phi) is 4.85. The second-order valence-electron chi connectivity index (χ2n) is 3.38. The highest BCUT2D eigenvalue weighted by atomic mass is 79.9. The maximum Gasteiger partial charge on any atom is 0.328 e. The highest BCUT2D eigenvalue weighted by molar-refractivity contribution is 9.10. The van der Waals surface area contributed by atoms with Gasteiger partial charge in [0.2, 0.25) is 0 Å². The van der Waals surface area contributed by atoms with Crippen LogP contribution in [0.2, 0.25) is 0 Å². The Bertz CT molecular complexity index is 512. The summed E-state index contributed by atoms with van der Waals surface area (Å²) in [7, 11) is 0. The maximum absolute atomic E-state index is 10.9. The Morgan fingerprint density at radius 2 is 2.28 bits per heavy atom. The first-order valence-electron chi connectivity index (χ1n) is 4.88. The van der Waals surface area contributed by atoms with Crippen molar-refractivity contribution in [3.8, 4) is 5.75 Å². The SMILES string of the molecule is Cc1cc(Br)cc([N+](=O)[O-])c1OC/C=C/C(=O)O. The van der Waals surface area contributed by atoms with Crippen molar-refractivity contribution < 1.29 is 19.6 Å². The first-order chi connectivity index (χ1) is 8.41. The standard InChI is InChI=1S/C11H10BrNO5/c1-7-5-8(12)6-9(13(16)17)11(7)18-4-2-3-10(14)15/h2-3,5-6H,4H2,1H3,(H,14,15)/b3-2+. The van der Waals surface area contributed by atoms with Gasteiger partial charge in [0, 0.05) is 16.6 Å². The molecule has 0 spiro atoms. The summed E-state index contributed by atoms with van der Waals surface area (Å²) in [6, 6.07) is 3.02. The largest absolute Gasteiger partial charge is 0.482 e. The molecule has 18 heavy (non-hydrogen) atoms. The zero-order valence-electron chi connectivity index (χ0n) is 9.42. The molecular formula is C11H10BrNO5. The number of rotatable bonds is 5. The fourth-order valence-corrected chi connectivity index (χ4v) is 1.88. The Hall–Kier alpha value is -1.89. The molecule has 96 valence electrons. The van der Waals surface area contributed by atoms with E-state index in [2.05, 4.69) is 15.9 Å². The normalized spacial score (nSPS) is 10.6. The third kappa shape index (κ3) is 3.85.